The first-order valence-electron chi connectivity index (χ1n) is 5.34. The van der Waals surface area contributed by atoms with Gasteiger partial charge in [-0.3, -0.25) is 4.79 Å². The van der Waals surface area contributed by atoms with Gasteiger partial charge in [-0.05, 0) is 43.5 Å². The number of nitrogens with two attached hydrogens (primary N) is 1. The molecule has 0 aromatic heterocycles. The van der Waals surface area contributed by atoms with Crippen LogP contribution in [0.25, 0.3) is 0 Å². The van der Waals surface area contributed by atoms with Crippen molar-refractivity contribution in [1.82, 2.24) is 0 Å². The molecule has 3 nitrogen and oxygen atoms in total. The lowest BCUT2D eigenvalue weighted by atomic mass is 10.1. The zero-order chi connectivity index (χ0) is 10.8. The molecule has 1 saturated heterocycles. The Morgan fingerprint density at radius 3 is 2.53 bits per heavy atom. The van der Waals surface area contributed by atoms with Crippen LogP contribution in [0.1, 0.15) is 28.8 Å². The highest BCUT2D eigenvalue weighted by atomic mass is 16.1. The lowest BCUT2D eigenvalue weighted by molar-refractivity contribution is 0.1000. The summed E-state index contributed by atoms with van der Waals surface area (Å²) in [4.78, 5) is 13.4. The predicted molar refractivity (Wildman–Crippen MR) is 61.1 cm³/mol. The van der Waals surface area contributed by atoms with Crippen LogP contribution in [0.2, 0.25) is 0 Å². The van der Waals surface area contributed by atoms with Gasteiger partial charge >= 0.3 is 0 Å². The van der Waals surface area contributed by atoms with Crippen molar-refractivity contribution in [1.29, 1.82) is 0 Å². The van der Waals surface area contributed by atoms with Crippen molar-refractivity contribution < 1.29 is 4.79 Å². The maximum Gasteiger partial charge on any atom is 0.248 e. The maximum absolute atomic E-state index is 11.0. The molecule has 0 saturated carbocycles. The Kier molecular flexibility index (Phi) is 2.62. The van der Waals surface area contributed by atoms with E-state index < -0.39 is 0 Å². The number of rotatable bonds is 2. The molecule has 1 aromatic carbocycles. The molecular formula is C12H16N2O. The molecule has 1 aliphatic rings. The molecule has 15 heavy (non-hydrogen) atoms. The van der Waals surface area contributed by atoms with E-state index in [1.807, 2.05) is 25.1 Å². The van der Waals surface area contributed by atoms with Crippen LogP contribution in [0.4, 0.5) is 5.69 Å². The average Bonchev–Trinajstić information content (AvgIpc) is 2.70. The summed E-state index contributed by atoms with van der Waals surface area (Å²) in [5.41, 5.74) is 8.19. The first-order valence-corrected chi connectivity index (χ1v) is 5.34. The molecule has 3 heteroatoms. The molecule has 1 fully saturated rings. The van der Waals surface area contributed by atoms with Gasteiger partial charge in [0, 0.05) is 24.3 Å². The normalized spacial score (nSPS) is 15.7. The van der Waals surface area contributed by atoms with E-state index in [0.717, 1.165) is 18.7 Å². The lowest BCUT2D eigenvalue weighted by Gasteiger charge is -2.20. The van der Waals surface area contributed by atoms with Gasteiger partial charge in [0.25, 0.3) is 0 Å². The molecule has 0 spiro atoms. The second kappa shape index (κ2) is 3.93. The number of primary amides is 1. The molecule has 0 atom stereocenters. The third kappa shape index (κ3) is 1.96. The molecule has 0 unspecified atom stereocenters. The van der Waals surface area contributed by atoms with Crippen LogP contribution in [-0.4, -0.2) is 19.0 Å². The molecule has 2 rings (SSSR count). The minimum atomic E-state index is -0.355. The van der Waals surface area contributed by atoms with Crippen LogP contribution in [0.3, 0.4) is 0 Å². The number of aryl methyl sites for hydroxylation is 1. The quantitative estimate of drug-likeness (QED) is 0.797. The summed E-state index contributed by atoms with van der Waals surface area (Å²) in [6, 6.07) is 5.68. The van der Waals surface area contributed by atoms with Gasteiger partial charge in [0.05, 0.1) is 0 Å². The van der Waals surface area contributed by atoms with Gasteiger partial charge in [0.1, 0.15) is 0 Å². The van der Waals surface area contributed by atoms with Gasteiger partial charge in [-0.1, -0.05) is 0 Å². The Bertz CT molecular complexity index is 381. The van der Waals surface area contributed by atoms with Gasteiger partial charge in [-0.2, -0.15) is 0 Å². The van der Waals surface area contributed by atoms with E-state index in [9.17, 15) is 4.79 Å². The summed E-state index contributed by atoms with van der Waals surface area (Å²) in [5, 5.41) is 0. The number of nitrogens with zero attached hydrogens (tertiary/aromatic N) is 1. The van der Waals surface area contributed by atoms with Crippen molar-refractivity contribution in [2.75, 3.05) is 18.0 Å². The summed E-state index contributed by atoms with van der Waals surface area (Å²) in [6.45, 7) is 4.27. The second-order valence-corrected chi connectivity index (χ2v) is 4.06. The number of hydrogen-bond acceptors (Lipinski definition) is 2. The van der Waals surface area contributed by atoms with Crippen molar-refractivity contribution in [3.63, 3.8) is 0 Å². The van der Waals surface area contributed by atoms with Gasteiger partial charge < -0.3 is 10.6 Å². The number of anilines is 1. The van der Waals surface area contributed by atoms with Crippen molar-refractivity contribution in [2.24, 2.45) is 5.73 Å². The molecule has 1 aliphatic heterocycles. The van der Waals surface area contributed by atoms with Crippen molar-refractivity contribution in [3.8, 4) is 0 Å². The van der Waals surface area contributed by atoms with Crippen molar-refractivity contribution >= 4 is 11.6 Å². The highest BCUT2D eigenvalue weighted by Crippen LogP contribution is 2.24. The van der Waals surface area contributed by atoms with E-state index in [1.54, 1.807) is 0 Å². The molecule has 1 amide bonds. The highest BCUT2D eigenvalue weighted by Gasteiger charge is 2.14. The fraction of sp³-hybridized carbons (Fsp3) is 0.417. The average molecular weight is 204 g/mol. The van der Waals surface area contributed by atoms with Gasteiger partial charge in [-0.15, -0.1) is 0 Å². The zero-order valence-electron chi connectivity index (χ0n) is 8.99. The molecule has 1 aromatic rings. The van der Waals surface area contributed by atoms with E-state index in [0.29, 0.717) is 5.56 Å². The summed E-state index contributed by atoms with van der Waals surface area (Å²) in [7, 11) is 0. The Hall–Kier alpha value is -1.51. The van der Waals surface area contributed by atoms with Crippen molar-refractivity contribution in [2.45, 2.75) is 19.8 Å². The van der Waals surface area contributed by atoms with Gasteiger partial charge in [0.15, 0.2) is 0 Å². The van der Waals surface area contributed by atoms with Crippen LogP contribution in [0, 0.1) is 6.92 Å². The third-order valence-corrected chi connectivity index (χ3v) is 2.93. The molecule has 0 aliphatic carbocycles. The molecule has 2 N–H and O–H groups in total. The van der Waals surface area contributed by atoms with Gasteiger partial charge in [0.2, 0.25) is 5.91 Å². The molecular weight excluding hydrogens is 188 g/mol. The summed E-state index contributed by atoms with van der Waals surface area (Å²) >= 11 is 0. The first-order chi connectivity index (χ1) is 7.18. The Morgan fingerprint density at radius 2 is 2.00 bits per heavy atom. The number of hydrogen-bond donors (Lipinski definition) is 1. The summed E-state index contributed by atoms with van der Waals surface area (Å²) < 4.78 is 0. The third-order valence-electron chi connectivity index (χ3n) is 2.93. The molecule has 0 radical (unpaired) electrons. The van der Waals surface area contributed by atoms with Crippen LogP contribution in [0.15, 0.2) is 18.2 Å². The number of amides is 1. The van der Waals surface area contributed by atoms with Crippen LogP contribution >= 0.6 is 0 Å². The maximum atomic E-state index is 11.0. The van der Waals surface area contributed by atoms with E-state index in [-0.39, 0.29) is 5.91 Å². The SMILES string of the molecule is Cc1cc(C(N)=O)ccc1N1CCCC1. The Labute approximate surface area is 89.9 Å². The predicted octanol–water partition coefficient (Wildman–Crippen LogP) is 1.69. The first kappa shape index (κ1) is 10.0. The lowest BCUT2D eigenvalue weighted by Crippen LogP contribution is -2.19. The van der Waals surface area contributed by atoms with E-state index in [1.165, 1.54) is 18.5 Å². The minimum absolute atomic E-state index is 0.355. The van der Waals surface area contributed by atoms with E-state index >= 15 is 0 Å². The second-order valence-electron chi connectivity index (χ2n) is 4.06. The summed E-state index contributed by atoms with van der Waals surface area (Å²) in [5.74, 6) is -0.355. The largest absolute Gasteiger partial charge is 0.371 e. The standard InChI is InChI=1S/C12H16N2O/c1-9-8-10(12(13)15)4-5-11(9)14-6-2-3-7-14/h4-5,8H,2-3,6-7H2,1H3,(H2,13,15). The van der Waals surface area contributed by atoms with Crippen LogP contribution < -0.4 is 10.6 Å². The fourth-order valence-electron chi connectivity index (χ4n) is 2.12. The molecule has 1 heterocycles. The number of carbonyl (C=O) groups excluding carboxylic acids is 1. The number of carbonyl (C=O) groups is 1. The highest BCUT2D eigenvalue weighted by molar-refractivity contribution is 5.93. The molecule has 80 valence electrons. The topological polar surface area (TPSA) is 46.3 Å². The van der Waals surface area contributed by atoms with Crippen LogP contribution in [-0.2, 0) is 0 Å². The molecule has 0 bridgehead atoms. The zero-order valence-corrected chi connectivity index (χ0v) is 8.99. The van der Waals surface area contributed by atoms with E-state index in [4.69, 9.17) is 5.73 Å². The van der Waals surface area contributed by atoms with Crippen molar-refractivity contribution in [3.05, 3.63) is 29.3 Å². The minimum Gasteiger partial charge on any atom is -0.371 e. The van der Waals surface area contributed by atoms with Crippen LogP contribution in [0.5, 0.6) is 0 Å². The van der Waals surface area contributed by atoms with E-state index in [2.05, 4.69) is 4.90 Å². The number of benzene rings is 1. The smallest absolute Gasteiger partial charge is 0.248 e. The monoisotopic (exact) mass is 204 g/mol. The summed E-state index contributed by atoms with van der Waals surface area (Å²) in [6.07, 6.45) is 2.52. The van der Waals surface area contributed by atoms with Gasteiger partial charge in [-0.25, -0.2) is 0 Å². The fourth-order valence-corrected chi connectivity index (χ4v) is 2.12. The Morgan fingerprint density at radius 1 is 1.33 bits per heavy atom. The Balaban J connectivity index is 2.29.